The zero-order valence-electron chi connectivity index (χ0n) is 11.6. The Hall–Kier alpha value is -2.35. The average Bonchev–Trinajstić information content (AvgIpc) is 2.78. The third kappa shape index (κ3) is 3.22. The highest BCUT2D eigenvalue weighted by Gasteiger charge is 2.18. The normalized spacial score (nSPS) is 11.3. The van der Waals surface area contributed by atoms with E-state index in [1.165, 1.54) is 28.9 Å². The summed E-state index contributed by atoms with van der Waals surface area (Å²) >= 11 is 0. The van der Waals surface area contributed by atoms with Gasteiger partial charge in [-0.2, -0.15) is 5.10 Å². The first-order valence-electron chi connectivity index (χ1n) is 6.22. The first kappa shape index (κ1) is 15.0. The lowest BCUT2D eigenvalue weighted by Crippen LogP contribution is -2.13. The molecule has 8 heteroatoms. The molecule has 2 aromatic rings. The standard InChI is InChI=1S/C13H15N3O4S/c1-3-11-12(8-16(2)14-11)15-21(19,20)10-6-4-9(5-7-10)13(17)18/h4-8,15H,3H2,1-2H3,(H,17,18). The summed E-state index contributed by atoms with van der Waals surface area (Å²) in [7, 11) is -2.06. The smallest absolute Gasteiger partial charge is 0.335 e. The molecule has 0 aliphatic carbocycles. The zero-order chi connectivity index (χ0) is 15.6. The second-order valence-electron chi connectivity index (χ2n) is 4.45. The fraction of sp³-hybridized carbons (Fsp3) is 0.231. The molecule has 2 N–H and O–H groups in total. The number of sulfonamides is 1. The van der Waals surface area contributed by atoms with E-state index < -0.39 is 16.0 Å². The van der Waals surface area contributed by atoms with Crippen LogP contribution in [-0.2, 0) is 23.5 Å². The van der Waals surface area contributed by atoms with Crippen LogP contribution in [0.5, 0.6) is 0 Å². The van der Waals surface area contributed by atoms with Crippen molar-refractivity contribution in [3.05, 3.63) is 41.7 Å². The Balaban J connectivity index is 2.31. The van der Waals surface area contributed by atoms with Gasteiger partial charge in [0, 0.05) is 13.2 Å². The van der Waals surface area contributed by atoms with Crippen LogP contribution in [0.3, 0.4) is 0 Å². The van der Waals surface area contributed by atoms with E-state index >= 15 is 0 Å². The monoisotopic (exact) mass is 309 g/mol. The molecular weight excluding hydrogens is 294 g/mol. The second-order valence-corrected chi connectivity index (χ2v) is 6.13. The summed E-state index contributed by atoms with van der Waals surface area (Å²) in [5.74, 6) is -1.10. The molecule has 2 rings (SSSR count). The first-order valence-corrected chi connectivity index (χ1v) is 7.70. The lowest BCUT2D eigenvalue weighted by molar-refractivity contribution is 0.0696. The Morgan fingerprint density at radius 1 is 1.33 bits per heavy atom. The average molecular weight is 309 g/mol. The van der Waals surface area contributed by atoms with Crippen molar-refractivity contribution in [3.8, 4) is 0 Å². The third-order valence-electron chi connectivity index (χ3n) is 2.90. The fourth-order valence-electron chi connectivity index (χ4n) is 1.86. The van der Waals surface area contributed by atoms with Crippen molar-refractivity contribution in [1.29, 1.82) is 0 Å². The van der Waals surface area contributed by atoms with Gasteiger partial charge in [-0.05, 0) is 30.7 Å². The lowest BCUT2D eigenvalue weighted by atomic mass is 10.2. The summed E-state index contributed by atoms with van der Waals surface area (Å²) < 4.78 is 28.5. The molecule has 0 saturated heterocycles. The number of benzene rings is 1. The quantitative estimate of drug-likeness (QED) is 0.871. The maximum Gasteiger partial charge on any atom is 0.335 e. The van der Waals surface area contributed by atoms with Crippen molar-refractivity contribution in [3.63, 3.8) is 0 Å². The summed E-state index contributed by atoms with van der Waals surface area (Å²) in [6.07, 6.45) is 2.18. The number of aromatic nitrogens is 2. The van der Waals surface area contributed by atoms with E-state index in [0.717, 1.165) is 0 Å². The number of aromatic carboxylic acids is 1. The number of rotatable bonds is 5. The predicted octanol–water partition coefficient (Wildman–Crippen LogP) is 1.48. The van der Waals surface area contributed by atoms with Crippen molar-refractivity contribution in [2.75, 3.05) is 4.72 Å². The topological polar surface area (TPSA) is 101 Å². The van der Waals surface area contributed by atoms with Gasteiger partial charge >= 0.3 is 5.97 Å². The molecule has 1 heterocycles. The Morgan fingerprint density at radius 3 is 2.48 bits per heavy atom. The van der Waals surface area contributed by atoms with Gasteiger partial charge in [0.05, 0.1) is 21.8 Å². The van der Waals surface area contributed by atoms with E-state index in [-0.39, 0.29) is 10.5 Å². The molecule has 7 nitrogen and oxygen atoms in total. The molecular formula is C13H15N3O4S. The van der Waals surface area contributed by atoms with Gasteiger partial charge in [-0.3, -0.25) is 9.40 Å². The van der Waals surface area contributed by atoms with Crippen LogP contribution >= 0.6 is 0 Å². The van der Waals surface area contributed by atoms with E-state index in [9.17, 15) is 13.2 Å². The number of carbonyl (C=O) groups is 1. The number of nitrogens with zero attached hydrogens (tertiary/aromatic N) is 2. The van der Waals surface area contributed by atoms with Crippen molar-refractivity contribution in [2.45, 2.75) is 18.2 Å². The summed E-state index contributed by atoms with van der Waals surface area (Å²) in [6, 6.07) is 5.02. The third-order valence-corrected chi connectivity index (χ3v) is 4.28. The van der Waals surface area contributed by atoms with Crippen LogP contribution < -0.4 is 4.72 Å². The number of carboxylic acid groups (broad SMARTS) is 1. The minimum absolute atomic E-state index is 0.00148. The second kappa shape index (κ2) is 5.57. The number of aryl methyl sites for hydroxylation is 2. The van der Waals surface area contributed by atoms with Crippen LogP contribution in [0.25, 0.3) is 0 Å². The predicted molar refractivity (Wildman–Crippen MR) is 76.8 cm³/mol. The highest BCUT2D eigenvalue weighted by molar-refractivity contribution is 7.92. The van der Waals surface area contributed by atoms with E-state index in [2.05, 4.69) is 9.82 Å². The van der Waals surface area contributed by atoms with Crippen molar-refractivity contribution in [2.24, 2.45) is 7.05 Å². The van der Waals surface area contributed by atoms with Gasteiger partial charge in [-0.25, -0.2) is 13.2 Å². The maximum absolute atomic E-state index is 12.3. The van der Waals surface area contributed by atoms with Crippen LogP contribution in [0, 0.1) is 0 Å². The van der Waals surface area contributed by atoms with Crippen molar-refractivity contribution >= 4 is 21.7 Å². The molecule has 0 aliphatic rings. The van der Waals surface area contributed by atoms with Gasteiger partial charge in [0.25, 0.3) is 10.0 Å². The maximum atomic E-state index is 12.3. The zero-order valence-corrected chi connectivity index (χ0v) is 12.4. The number of anilines is 1. The molecule has 112 valence electrons. The molecule has 1 aromatic heterocycles. The highest BCUT2D eigenvalue weighted by Crippen LogP contribution is 2.19. The Kier molecular flexibility index (Phi) is 3.99. The summed E-state index contributed by atoms with van der Waals surface area (Å²) in [5.41, 5.74) is 1.09. The minimum atomic E-state index is -3.77. The summed E-state index contributed by atoms with van der Waals surface area (Å²) in [6.45, 7) is 1.88. The minimum Gasteiger partial charge on any atom is -0.478 e. The first-order chi connectivity index (χ1) is 9.83. The summed E-state index contributed by atoms with van der Waals surface area (Å²) in [5, 5.41) is 13.0. The lowest BCUT2D eigenvalue weighted by Gasteiger charge is -2.07. The van der Waals surface area contributed by atoms with Crippen LogP contribution in [0.2, 0.25) is 0 Å². The van der Waals surface area contributed by atoms with Crippen molar-refractivity contribution < 1.29 is 18.3 Å². The Labute approximate surface area is 122 Å². The number of carboxylic acids is 1. The molecule has 0 amide bonds. The van der Waals surface area contributed by atoms with Gasteiger partial charge < -0.3 is 5.11 Å². The Morgan fingerprint density at radius 2 is 1.95 bits per heavy atom. The molecule has 0 unspecified atom stereocenters. The van der Waals surface area contributed by atoms with Gasteiger partial charge in [0.1, 0.15) is 0 Å². The molecule has 21 heavy (non-hydrogen) atoms. The molecule has 0 saturated carbocycles. The molecule has 0 bridgehead atoms. The molecule has 0 radical (unpaired) electrons. The number of hydrogen-bond acceptors (Lipinski definition) is 4. The van der Waals surface area contributed by atoms with Gasteiger partial charge in [0.15, 0.2) is 0 Å². The largest absolute Gasteiger partial charge is 0.478 e. The molecule has 0 atom stereocenters. The Bertz CT molecular complexity index is 763. The van der Waals surface area contributed by atoms with Crippen LogP contribution in [0.1, 0.15) is 23.0 Å². The molecule has 1 aromatic carbocycles. The van der Waals surface area contributed by atoms with Crippen molar-refractivity contribution in [1.82, 2.24) is 9.78 Å². The van der Waals surface area contributed by atoms with Gasteiger partial charge in [0.2, 0.25) is 0 Å². The van der Waals surface area contributed by atoms with Gasteiger partial charge in [-0.1, -0.05) is 6.92 Å². The SMILES string of the molecule is CCc1nn(C)cc1NS(=O)(=O)c1ccc(C(=O)O)cc1. The molecule has 0 spiro atoms. The highest BCUT2D eigenvalue weighted by atomic mass is 32.2. The van der Waals surface area contributed by atoms with E-state index in [1.54, 1.807) is 13.2 Å². The van der Waals surface area contributed by atoms with Crippen LogP contribution in [-0.4, -0.2) is 29.3 Å². The van der Waals surface area contributed by atoms with Crippen LogP contribution in [0.4, 0.5) is 5.69 Å². The van der Waals surface area contributed by atoms with E-state index in [1.807, 2.05) is 6.92 Å². The fourth-order valence-corrected chi connectivity index (χ4v) is 2.93. The summed E-state index contributed by atoms with van der Waals surface area (Å²) in [4.78, 5) is 10.8. The van der Waals surface area contributed by atoms with Crippen LogP contribution in [0.15, 0.2) is 35.4 Å². The molecule has 0 fully saturated rings. The van der Waals surface area contributed by atoms with Gasteiger partial charge in [-0.15, -0.1) is 0 Å². The number of nitrogens with one attached hydrogen (secondary N) is 1. The van der Waals surface area contributed by atoms with E-state index in [4.69, 9.17) is 5.11 Å². The molecule has 0 aliphatic heterocycles. The van der Waals surface area contributed by atoms with E-state index in [0.29, 0.717) is 17.8 Å². The number of hydrogen-bond donors (Lipinski definition) is 2.